The van der Waals surface area contributed by atoms with Crippen molar-refractivity contribution >= 4 is 32.9 Å². The van der Waals surface area contributed by atoms with E-state index in [9.17, 15) is 0 Å². The number of hydrogen-bond acceptors (Lipinski definition) is 3. The van der Waals surface area contributed by atoms with Crippen LogP contribution < -0.4 is 5.73 Å². The predicted octanol–water partition coefficient (Wildman–Crippen LogP) is 3.11. The first-order chi connectivity index (χ1) is 9.63. The molecule has 20 heavy (non-hydrogen) atoms. The number of likely N-dealkylation sites (tertiary alicyclic amines) is 1. The van der Waals surface area contributed by atoms with Crippen molar-refractivity contribution in [3.05, 3.63) is 22.7 Å². The molecule has 0 bridgehead atoms. The lowest BCUT2D eigenvalue weighted by Gasteiger charge is -2.21. The van der Waals surface area contributed by atoms with Gasteiger partial charge in [0, 0.05) is 17.6 Å². The molecule has 2 aromatic rings. The number of hydrogen-bond donors (Lipinski definition) is 1. The van der Waals surface area contributed by atoms with Crippen molar-refractivity contribution in [2.45, 2.75) is 26.3 Å². The van der Waals surface area contributed by atoms with E-state index in [1.54, 1.807) is 0 Å². The Bertz CT molecular complexity index is 601. The Labute approximate surface area is 128 Å². The summed E-state index contributed by atoms with van der Waals surface area (Å²) in [4.78, 5) is 7.00. The third-order valence-electron chi connectivity index (χ3n) is 4.00. The highest BCUT2D eigenvalue weighted by atomic mass is 79.9. The van der Waals surface area contributed by atoms with Crippen LogP contribution in [0.25, 0.3) is 11.0 Å². The number of nitrogens with zero attached hydrogens (tertiary/aromatic N) is 3. The molecule has 1 atom stereocenters. The van der Waals surface area contributed by atoms with Crippen molar-refractivity contribution in [3.8, 4) is 0 Å². The molecule has 1 aromatic carbocycles. The van der Waals surface area contributed by atoms with Gasteiger partial charge in [0.2, 0.25) is 5.95 Å². The maximum Gasteiger partial charge on any atom is 0.201 e. The molecule has 108 valence electrons. The van der Waals surface area contributed by atoms with Crippen molar-refractivity contribution in [1.82, 2.24) is 14.5 Å². The van der Waals surface area contributed by atoms with Crippen LogP contribution in [0, 0.1) is 5.92 Å². The van der Waals surface area contributed by atoms with Crippen LogP contribution in [-0.2, 0) is 6.54 Å². The van der Waals surface area contributed by atoms with Crippen molar-refractivity contribution < 1.29 is 0 Å². The summed E-state index contributed by atoms with van der Waals surface area (Å²) >= 11 is 3.52. The van der Waals surface area contributed by atoms with E-state index in [0.29, 0.717) is 11.9 Å². The number of rotatable bonds is 4. The molecular weight excluding hydrogens is 316 g/mol. The lowest BCUT2D eigenvalue weighted by molar-refractivity contribution is 0.273. The zero-order chi connectivity index (χ0) is 14.1. The molecule has 2 N–H and O–H groups in total. The Morgan fingerprint density at radius 1 is 1.30 bits per heavy atom. The fourth-order valence-corrected chi connectivity index (χ4v) is 3.43. The number of imidazole rings is 1. The summed E-state index contributed by atoms with van der Waals surface area (Å²) < 4.78 is 3.21. The fourth-order valence-electron chi connectivity index (χ4n) is 3.08. The van der Waals surface area contributed by atoms with Gasteiger partial charge >= 0.3 is 0 Å². The van der Waals surface area contributed by atoms with Gasteiger partial charge in [-0.05, 0) is 50.0 Å². The zero-order valence-electron chi connectivity index (χ0n) is 11.8. The monoisotopic (exact) mass is 336 g/mol. The molecule has 1 unspecified atom stereocenters. The zero-order valence-corrected chi connectivity index (χ0v) is 13.4. The van der Waals surface area contributed by atoms with Crippen molar-refractivity contribution in [2.75, 3.05) is 25.4 Å². The SMILES string of the molecule is CC(CN1CCCC1)Cn1c(N)nc2ccc(Br)cc21. The average molecular weight is 337 g/mol. The van der Waals surface area contributed by atoms with E-state index in [1.807, 2.05) is 12.1 Å². The van der Waals surface area contributed by atoms with E-state index < -0.39 is 0 Å². The van der Waals surface area contributed by atoms with E-state index in [2.05, 4.69) is 43.4 Å². The molecule has 0 radical (unpaired) electrons. The molecule has 0 amide bonds. The van der Waals surface area contributed by atoms with E-state index in [1.165, 1.54) is 25.9 Å². The molecule has 4 nitrogen and oxygen atoms in total. The van der Waals surface area contributed by atoms with Gasteiger partial charge in [-0.25, -0.2) is 4.98 Å². The van der Waals surface area contributed by atoms with Crippen LogP contribution in [0.5, 0.6) is 0 Å². The molecule has 1 aliphatic heterocycles. The van der Waals surface area contributed by atoms with Gasteiger partial charge in [-0.15, -0.1) is 0 Å². The Morgan fingerprint density at radius 3 is 2.80 bits per heavy atom. The average Bonchev–Trinajstić information content (AvgIpc) is 3.00. The molecule has 1 aliphatic rings. The molecule has 0 saturated carbocycles. The number of aromatic nitrogens is 2. The Kier molecular flexibility index (Phi) is 3.98. The molecular formula is C15H21BrN4. The minimum absolute atomic E-state index is 0.576. The standard InChI is InChI=1S/C15H21BrN4/c1-11(9-19-6-2-3-7-19)10-20-14-8-12(16)4-5-13(14)18-15(20)17/h4-5,8,11H,2-3,6-7,9-10H2,1H3,(H2,17,18). The number of benzene rings is 1. The van der Waals surface area contributed by atoms with Crippen molar-refractivity contribution in [2.24, 2.45) is 5.92 Å². The number of halogens is 1. The maximum atomic E-state index is 6.08. The highest BCUT2D eigenvalue weighted by molar-refractivity contribution is 9.10. The summed E-state index contributed by atoms with van der Waals surface area (Å²) in [5.41, 5.74) is 8.17. The minimum atomic E-state index is 0.576. The summed E-state index contributed by atoms with van der Waals surface area (Å²) in [6.07, 6.45) is 2.69. The summed E-state index contributed by atoms with van der Waals surface area (Å²) in [5.74, 6) is 1.19. The second kappa shape index (κ2) is 5.74. The van der Waals surface area contributed by atoms with E-state index >= 15 is 0 Å². The van der Waals surface area contributed by atoms with Gasteiger partial charge in [0.05, 0.1) is 11.0 Å². The number of nitrogens with two attached hydrogens (primary N) is 1. The van der Waals surface area contributed by atoms with Gasteiger partial charge in [0.15, 0.2) is 0 Å². The summed E-state index contributed by atoms with van der Waals surface area (Å²) in [7, 11) is 0. The lowest BCUT2D eigenvalue weighted by Crippen LogP contribution is -2.27. The van der Waals surface area contributed by atoms with Gasteiger partial charge in [0.1, 0.15) is 0 Å². The highest BCUT2D eigenvalue weighted by Gasteiger charge is 2.17. The molecule has 0 aliphatic carbocycles. The maximum absolute atomic E-state index is 6.08. The molecule has 2 heterocycles. The van der Waals surface area contributed by atoms with E-state index in [-0.39, 0.29) is 0 Å². The first-order valence-electron chi connectivity index (χ1n) is 7.27. The normalized spacial score (nSPS) is 17.9. The first-order valence-corrected chi connectivity index (χ1v) is 8.06. The quantitative estimate of drug-likeness (QED) is 0.933. The molecule has 1 fully saturated rings. The third-order valence-corrected chi connectivity index (χ3v) is 4.50. The Morgan fingerprint density at radius 2 is 2.05 bits per heavy atom. The summed E-state index contributed by atoms with van der Waals surface area (Å²) in [6, 6.07) is 6.12. The molecule has 1 aromatic heterocycles. The van der Waals surface area contributed by atoms with Gasteiger partial charge < -0.3 is 15.2 Å². The molecule has 5 heteroatoms. The van der Waals surface area contributed by atoms with Crippen LogP contribution in [0.1, 0.15) is 19.8 Å². The van der Waals surface area contributed by atoms with Gasteiger partial charge in [0.25, 0.3) is 0 Å². The van der Waals surface area contributed by atoms with Crippen LogP contribution in [-0.4, -0.2) is 34.1 Å². The first kappa shape index (κ1) is 13.9. The second-order valence-corrected chi connectivity index (χ2v) is 6.74. The van der Waals surface area contributed by atoms with Gasteiger partial charge in [-0.3, -0.25) is 0 Å². The van der Waals surface area contributed by atoms with Crippen molar-refractivity contribution in [3.63, 3.8) is 0 Å². The Hall–Kier alpha value is -1.07. The molecule has 1 saturated heterocycles. The van der Waals surface area contributed by atoms with Crippen LogP contribution in [0.4, 0.5) is 5.95 Å². The third kappa shape index (κ3) is 2.83. The van der Waals surface area contributed by atoms with E-state index in [0.717, 1.165) is 28.6 Å². The largest absolute Gasteiger partial charge is 0.369 e. The number of nitrogen functional groups attached to an aromatic ring is 1. The Balaban J connectivity index is 1.78. The lowest BCUT2D eigenvalue weighted by atomic mass is 10.1. The predicted molar refractivity (Wildman–Crippen MR) is 86.7 cm³/mol. The number of anilines is 1. The summed E-state index contributed by atoms with van der Waals surface area (Å²) in [6.45, 7) is 6.86. The van der Waals surface area contributed by atoms with Crippen molar-refractivity contribution in [1.29, 1.82) is 0 Å². The molecule has 0 spiro atoms. The fraction of sp³-hybridized carbons (Fsp3) is 0.533. The van der Waals surface area contributed by atoms with E-state index in [4.69, 9.17) is 5.73 Å². The number of fused-ring (bicyclic) bond motifs is 1. The minimum Gasteiger partial charge on any atom is -0.369 e. The second-order valence-electron chi connectivity index (χ2n) is 5.83. The van der Waals surface area contributed by atoms with Crippen LogP contribution in [0.3, 0.4) is 0 Å². The van der Waals surface area contributed by atoms with Crippen LogP contribution >= 0.6 is 15.9 Å². The smallest absolute Gasteiger partial charge is 0.201 e. The van der Waals surface area contributed by atoms with Gasteiger partial charge in [-0.2, -0.15) is 0 Å². The summed E-state index contributed by atoms with van der Waals surface area (Å²) in [5, 5.41) is 0. The highest BCUT2D eigenvalue weighted by Crippen LogP contribution is 2.23. The molecule has 3 rings (SSSR count). The topological polar surface area (TPSA) is 47.1 Å². The van der Waals surface area contributed by atoms with Gasteiger partial charge in [-0.1, -0.05) is 22.9 Å². The van der Waals surface area contributed by atoms with Crippen LogP contribution in [0.15, 0.2) is 22.7 Å². The van der Waals surface area contributed by atoms with Crippen LogP contribution in [0.2, 0.25) is 0 Å².